The third kappa shape index (κ3) is 8.60. The summed E-state index contributed by atoms with van der Waals surface area (Å²) in [4.78, 5) is 6.97. The van der Waals surface area contributed by atoms with Gasteiger partial charge in [-0.15, -0.1) is 24.0 Å². The fourth-order valence-electron chi connectivity index (χ4n) is 3.28. The molecular formula is C19H32FIN4O2S. The Morgan fingerprint density at radius 2 is 2.04 bits per heavy atom. The molecule has 0 aromatic heterocycles. The molecule has 0 bridgehead atoms. The van der Waals surface area contributed by atoms with Gasteiger partial charge >= 0.3 is 0 Å². The standard InChI is InChI=1S/C19H31FN4O2S.HI/c1-4-21-19(22-11-15-8-9-24(5-2)13-15)23-12-17-10-18(20)7-6-16(17)14-27(3,25)26;/h6-7,10,15H,4-5,8-9,11-14H2,1-3H3,(H2,21,22,23);1H. The third-order valence-corrected chi connectivity index (χ3v) is 5.55. The highest BCUT2D eigenvalue weighted by atomic mass is 127. The van der Waals surface area contributed by atoms with E-state index in [-0.39, 0.29) is 42.1 Å². The first-order valence-corrected chi connectivity index (χ1v) is 11.6. The van der Waals surface area contributed by atoms with Gasteiger partial charge in [-0.3, -0.25) is 0 Å². The van der Waals surface area contributed by atoms with Gasteiger partial charge in [0, 0.05) is 25.9 Å². The third-order valence-electron chi connectivity index (χ3n) is 4.71. The molecule has 2 N–H and O–H groups in total. The van der Waals surface area contributed by atoms with Crippen molar-refractivity contribution < 1.29 is 12.8 Å². The molecule has 1 aromatic carbocycles. The fraction of sp³-hybridized carbons (Fsp3) is 0.632. The average Bonchev–Trinajstić information content (AvgIpc) is 3.06. The summed E-state index contributed by atoms with van der Waals surface area (Å²) in [5.74, 6) is 0.753. The van der Waals surface area contributed by atoms with Crippen LogP contribution in [0.15, 0.2) is 23.2 Å². The van der Waals surface area contributed by atoms with Crippen molar-refractivity contribution in [2.24, 2.45) is 10.9 Å². The number of nitrogens with one attached hydrogen (secondary N) is 2. The van der Waals surface area contributed by atoms with Crippen LogP contribution in [0.1, 0.15) is 31.4 Å². The molecule has 1 saturated heterocycles. The Morgan fingerprint density at radius 1 is 1.29 bits per heavy atom. The lowest BCUT2D eigenvalue weighted by atomic mass is 10.1. The van der Waals surface area contributed by atoms with Crippen LogP contribution in [0.3, 0.4) is 0 Å². The van der Waals surface area contributed by atoms with Gasteiger partial charge in [-0.05, 0) is 55.6 Å². The van der Waals surface area contributed by atoms with Crippen LogP contribution in [0, 0.1) is 11.7 Å². The molecule has 0 spiro atoms. The van der Waals surface area contributed by atoms with Crippen molar-refractivity contribution >= 4 is 39.8 Å². The second-order valence-corrected chi connectivity index (χ2v) is 9.25. The first kappa shape index (κ1) is 25.1. The molecular weight excluding hydrogens is 494 g/mol. The first-order valence-electron chi connectivity index (χ1n) is 9.50. The average molecular weight is 526 g/mol. The van der Waals surface area contributed by atoms with Gasteiger partial charge in [0.25, 0.3) is 0 Å². The van der Waals surface area contributed by atoms with E-state index in [1.165, 1.54) is 30.9 Å². The van der Waals surface area contributed by atoms with Crippen molar-refractivity contribution in [3.63, 3.8) is 0 Å². The van der Waals surface area contributed by atoms with E-state index in [4.69, 9.17) is 0 Å². The lowest BCUT2D eigenvalue weighted by Gasteiger charge is -2.16. The number of nitrogens with zero attached hydrogens (tertiary/aromatic N) is 2. The fourth-order valence-corrected chi connectivity index (χ4v) is 4.13. The zero-order valence-corrected chi connectivity index (χ0v) is 20.0. The maximum absolute atomic E-state index is 13.6. The molecule has 2 rings (SSSR count). The van der Waals surface area contributed by atoms with Crippen molar-refractivity contribution in [3.8, 4) is 0 Å². The number of aliphatic imine (C=N–C) groups is 1. The van der Waals surface area contributed by atoms with Crippen molar-refractivity contribution in [1.29, 1.82) is 0 Å². The smallest absolute Gasteiger partial charge is 0.191 e. The summed E-state index contributed by atoms with van der Waals surface area (Å²) in [6, 6.07) is 4.18. The molecule has 0 amide bonds. The van der Waals surface area contributed by atoms with Gasteiger partial charge in [0.2, 0.25) is 0 Å². The Balaban J connectivity index is 0.00000392. The summed E-state index contributed by atoms with van der Waals surface area (Å²) < 4.78 is 36.9. The van der Waals surface area contributed by atoms with E-state index in [0.717, 1.165) is 32.7 Å². The first-order chi connectivity index (χ1) is 12.8. The minimum absolute atomic E-state index is 0. The number of hydrogen-bond donors (Lipinski definition) is 2. The summed E-state index contributed by atoms with van der Waals surface area (Å²) in [5.41, 5.74) is 1.18. The molecule has 1 aromatic rings. The molecule has 160 valence electrons. The van der Waals surface area contributed by atoms with E-state index in [1.54, 1.807) is 0 Å². The lowest BCUT2D eigenvalue weighted by Crippen LogP contribution is -2.40. The maximum Gasteiger partial charge on any atom is 0.191 e. The Bertz CT molecular complexity index is 758. The molecule has 1 unspecified atom stereocenters. The molecule has 1 heterocycles. The van der Waals surface area contributed by atoms with Crippen molar-refractivity contribution in [1.82, 2.24) is 15.5 Å². The Kier molecular flexibility index (Phi) is 10.7. The topological polar surface area (TPSA) is 73.8 Å². The molecule has 0 saturated carbocycles. The van der Waals surface area contributed by atoms with Crippen molar-refractivity contribution in [2.45, 2.75) is 32.6 Å². The van der Waals surface area contributed by atoms with E-state index >= 15 is 0 Å². The Hall–Kier alpha value is -0.940. The number of guanidine groups is 1. The number of halogens is 2. The quantitative estimate of drug-likeness (QED) is 0.309. The van der Waals surface area contributed by atoms with E-state index in [2.05, 4.69) is 27.4 Å². The minimum atomic E-state index is -3.20. The zero-order valence-electron chi connectivity index (χ0n) is 16.9. The summed E-state index contributed by atoms with van der Waals surface area (Å²) in [6.07, 6.45) is 2.35. The monoisotopic (exact) mass is 526 g/mol. The van der Waals surface area contributed by atoms with Crippen molar-refractivity contribution in [3.05, 3.63) is 35.1 Å². The van der Waals surface area contributed by atoms with Crippen molar-refractivity contribution in [2.75, 3.05) is 39.0 Å². The Morgan fingerprint density at radius 3 is 2.64 bits per heavy atom. The Labute approximate surface area is 185 Å². The van der Waals surface area contributed by atoms with Gasteiger partial charge < -0.3 is 15.5 Å². The van der Waals surface area contributed by atoms with Crippen LogP contribution in [-0.2, 0) is 22.1 Å². The van der Waals surface area contributed by atoms with Crippen LogP contribution >= 0.6 is 24.0 Å². The molecule has 1 atom stereocenters. The number of rotatable bonds is 8. The summed E-state index contributed by atoms with van der Waals surface area (Å²) in [6.45, 7) is 9.24. The number of hydrogen-bond acceptors (Lipinski definition) is 4. The second-order valence-electron chi connectivity index (χ2n) is 7.11. The SMILES string of the molecule is CCNC(=NCc1cc(F)ccc1CS(C)(=O)=O)NCC1CCN(CC)C1.I. The molecule has 1 aliphatic heterocycles. The number of likely N-dealkylation sites (tertiary alicyclic amines) is 1. The number of benzene rings is 1. The van der Waals surface area contributed by atoms with Crippen LogP contribution in [-0.4, -0.2) is 58.3 Å². The molecule has 28 heavy (non-hydrogen) atoms. The maximum atomic E-state index is 13.6. The van der Waals surface area contributed by atoms with Crippen LogP contribution < -0.4 is 10.6 Å². The molecule has 9 heteroatoms. The highest BCUT2D eigenvalue weighted by molar-refractivity contribution is 14.0. The lowest BCUT2D eigenvalue weighted by molar-refractivity contribution is 0.342. The predicted octanol–water partition coefficient (Wildman–Crippen LogP) is 2.39. The highest BCUT2D eigenvalue weighted by Crippen LogP contribution is 2.16. The van der Waals surface area contributed by atoms with Crippen LogP contribution in [0.5, 0.6) is 0 Å². The van der Waals surface area contributed by atoms with Gasteiger partial charge in [-0.1, -0.05) is 13.0 Å². The largest absolute Gasteiger partial charge is 0.357 e. The molecule has 0 aliphatic carbocycles. The normalized spacial score (nSPS) is 18.0. The van der Waals surface area contributed by atoms with Crippen LogP contribution in [0.2, 0.25) is 0 Å². The molecule has 6 nitrogen and oxygen atoms in total. The van der Waals surface area contributed by atoms with E-state index < -0.39 is 9.84 Å². The molecule has 1 aliphatic rings. The molecule has 1 fully saturated rings. The second kappa shape index (κ2) is 11.9. The minimum Gasteiger partial charge on any atom is -0.357 e. The molecule has 0 radical (unpaired) electrons. The van der Waals surface area contributed by atoms with Crippen LogP contribution in [0.4, 0.5) is 4.39 Å². The summed E-state index contributed by atoms with van der Waals surface area (Å²) in [7, 11) is -3.20. The number of sulfone groups is 1. The van der Waals surface area contributed by atoms with E-state index in [0.29, 0.717) is 23.0 Å². The van der Waals surface area contributed by atoms with Gasteiger partial charge in [-0.25, -0.2) is 17.8 Å². The predicted molar refractivity (Wildman–Crippen MR) is 123 cm³/mol. The summed E-state index contributed by atoms with van der Waals surface area (Å²) in [5, 5.41) is 6.56. The van der Waals surface area contributed by atoms with Gasteiger partial charge in [-0.2, -0.15) is 0 Å². The summed E-state index contributed by atoms with van der Waals surface area (Å²) >= 11 is 0. The van der Waals surface area contributed by atoms with Gasteiger partial charge in [0.1, 0.15) is 5.82 Å². The van der Waals surface area contributed by atoms with Gasteiger partial charge in [0.15, 0.2) is 15.8 Å². The van der Waals surface area contributed by atoms with E-state index in [9.17, 15) is 12.8 Å². The highest BCUT2D eigenvalue weighted by Gasteiger charge is 2.21. The zero-order chi connectivity index (χ0) is 19.9. The van der Waals surface area contributed by atoms with Crippen LogP contribution in [0.25, 0.3) is 0 Å². The van der Waals surface area contributed by atoms with Gasteiger partial charge in [0.05, 0.1) is 12.3 Å². The van der Waals surface area contributed by atoms with E-state index in [1.807, 2.05) is 6.92 Å².